The molecule has 0 unspecified atom stereocenters. The van der Waals surface area contributed by atoms with Crippen molar-refractivity contribution in [1.29, 1.82) is 0 Å². The minimum atomic E-state index is 0.842. The summed E-state index contributed by atoms with van der Waals surface area (Å²) < 4.78 is 0. The van der Waals surface area contributed by atoms with Crippen LogP contribution in [0.3, 0.4) is 0 Å². The summed E-state index contributed by atoms with van der Waals surface area (Å²) in [4.78, 5) is 17.0. The van der Waals surface area contributed by atoms with Crippen LogP contribution in [-0.2, 0) is 6.42 Å². The van der Waals surface area contributed by atoms with Gasteiger partial charge >= 0.3 is 0 Å². The Bertz CT molecular complexity index is 964. The van der Waals surface area contributed by atoms with Gasteiger partial charge in [0, 0.05) is 50.0 Å². The maximum atomic E-state index is 5.01. The number of hydrogen-bond acceptors (Lipinski definition) is 5. The molecule has 0 amide bonds. The molecule has 5 heteroatoms. The van der Waals surface area contributed by atoms with Crippen LogP contribution in [0, 0.1) is 0 Å². The number of para-hydroxylation sites is 1. The molecule has 0 atom stereocenters. The average Bonchev–Trinajstić information content (AvgIpc) is 3.19. The fourth-order valence-corrected chi connectivity index (χ4v) is 4.04. The Morgan fingerprint density at radius 2 is 1.54 bits per heavy atom. The number of nitrogens with zero attached hydrogens (tertiary/aromatic N) is 5. The Morgan fingerprint density at radius 3 is 2.36 bits per heavy atom. The fourth-order valence-electron chi connectivity index (χ4n) is 4.04. The third kappa shape index (κ3) is 3.22. The molecule has 1 aromatic heterocycles. The van der Waals surface area contributed by atoms with E-state index in [-0.39, 0.29) is 0 Å². The fraction of sp³-hybridized carbons (Fsp3) is 0.304. The molecule has 0 radical (unpaired) electrons. The zero-order chi connectivity index (χ0) is 18.9. The smallest absolute Gasteiger partial charge is 0.227 e. The van der Waals surface area contributed by atoms with Crippen molar-refractivity contribution in [3.63, 3.8) is 0 Å². The van der Waals surface area contributed by atoms with E-state index in [1.54, 1.807) is 0 Å². The van der Waals surface area contributed by atoms with E-state index in [4.69, 9.17) is 9.97 Å². The molecule has 28 heavy (non-hydrogen) atoms. The van der Waals surface area contributed by atoms with Crippen molar-refractivity contribution >= 4 is 17.5 Å². The number of rotatable bonds is 3. The van der Waals surface area contributed by atoms with Crippen LogP contribution in [0.5, 0.6) is 0 Å². The Morgan fingerprint density at radius 1 is 0.786 bits per heavy atom. The number of likely N-dealkylation sites (N-methyl/N-ethyl adjacent to an activating group) is 1. The number of benzene rings is 2. The molecule has 2 aliphatic heterocycles. The zero-order valence-electron chi connectivity index (χ0n) is 16.3. The van der Waals surface area contributed by atoms with Gasteiger partial charge in [-0.2, -0.15) is 4.98 Å². The Balaban J connectivity index is 1.58. The first-order valence-electron chi connectivity index (χ1n) is 10.0. The predicted octanol–water partition coefficient (Wildman–Crippen LogP) is 3.59. The van der Waals surface area contributed by atoms with Gasteiger partial charge in [-0.15, -0.1) is 0 Å². The van der Waals surface area contributed by atoms with E-state index in [0.29, 0.717) is 0 Å². The van der Waals surface area contributed by atoms with Gasteiger partial charge < -0.3 is 14.7 Å². The summed E-state index contributed by atoms with van der Waals surface area (Å²) >= 11 is 0. The van der Waals surface area contributed by atoms with Crippen LogP contribution in [0.15, 0.2) is 60.7 Å². The van der Waals surface area contributed by atoms with Gasteiger partial charge in [0.2, 0.25) is 5.95 Å². The molecule has 0 spiro atoms. The van der Waals surface area contributed by atoms with E-state index in [0.717, 1.165) is 62.2 Å². The predicted molar refractivity (Wildman–Crippen MR) is 114 cm³/mol. The van der Waals surface area contributed by atoms with Gasteiger partial charge in [0.25, 0.3) is 0 Å². The average molecular weight is 371 g/mol. The highest BCUT2D eigenvalue weighted by atomic mass is 15.3. The quantitative estimate of drug-likeness (QED) is 0.703. The molecule has 5 rings (SSSR count). The number of hydrogen-bond donors (Lipinski definition) is 0. The molecule has 0 aliphatic carbocycles. The molecule has 1 saturated heterocycles. The lowest BCUT2D eigenvalue weighted by molar-refractivity contribution is 0.311. The van der Waals surface area contributed by atoms with Crippen molar-refractivity contribution in [1.82, 2.24) is 14.9 Å². The summed E-state index contributed by atoms with van der Waals surface area (Å²) in [6, 6.07) is 21.2. The lowest BCUT2D eigenvalue weighted by atomic mass is 10.1. The standard InChI is InChI=1S/C23H25N5/c1-26-13-15-27(16-14-26)23-24-20(18-7-3-2-4-8-18)17-22(25-23)28-12-11-19-9-5-6-10-21(19)28/h2-10,17H,11-16H2,1H3. The maximum absolute atomic E-state index is 5.01. The Kier molecular flexibility index (Phi) is 4.45. The first-order chi connectivity index (χ1) is 13.8. The van der Waals surface area contributed by atoms with Gasteiger partial charge in [0.1, 0.15) is 5.82 Å². The Hall–Kier alpha value is -2.92. The van der Waals surface area contributed by atoms with Crippen molar-refractivity contribution in [3.05, 3.63) is 66.2 Å². The van der Waals surface area contributed by atoms with Crippen molar-refractivity contribution < 1.29 is 0 Å². The molecular formula is C23H25N5. The summed E-state index contributed by atoms with van der Waals surface area (Å²) in [5, 5.41) is 0. The molecule has 0 bridgehead atoms. The van der Waals surface area contributed by atoms with Crippen molar-refractivity contribution in [3.8, 4) is 11.3 Å². The molecular weight excluding hydrogens is 346 g/mol. The van der Waals surface area contributed by atoms with Crippen LogP contribution in [-0.4, -0.2) is 54.6 Å². The zero-order valence-corrected chi connectivity index (χ0v) is 16.3. The summed E-state index contributed by atoms with van der Waals surface area (Å²) in [5.41, 5.74) is 4.78. The van der Waals surface area contributed by atoms with Crippen LogP contribution in [0.25, 0.3) is 11.3 Å². The molecule has 3 aromatic rings. The van der Waals surface area contributed by atoms with Gasteiger partial charge in [0.05, 0.1) is 5.69 Å². The number of fused-ring (bicyclic) bond motifs is 1. The monoisotopic (exact) mass is 371 g/mol. The largest absolute Gasteiger partial charge is 0.338 e. The van der Waals surface area contributed by atoms with E-state index in [9.17, 15) is 0 Å². The van der Waals surface area contributed by atoms with Crippen molar-refractivity contribution in [2.75, 3.05) is 49.6 Å². The van der Waals surface area contributed by atoms with Gasteiger partial charge in [0.15, 0.2) is 0 Å². The summed E-state index contributed by atoms with van der Waals surface area (Å²) in [6.07, 6.45) is 1.06. The third-order valence-electron chi connectivity index (χ3n) is 5.72. The Labute approximate surface area is 166 Å². The molecule has 2 aromatic carbocycles. The van der Waals surface area contributed by atoms with Crippen LogP contribution in [0.1, 0.15) is 5.56 Å². The van der Waals surface area contributed by atoms with Gasteiger partial charge in [-0.3, -0.25) is 0 Å². The number of anilines is 3. The highest BCUT2D eigenvalue weighted by molar-refractivity contribution is 5.72. The van der Waals surface area contributed by atoms with Crippen molar-refractivity contribution in [2.24, 2.45) is 0 Å². The SMILES string of the molecule is CN1CCN(c2nc(-c3ccccc3)cc(N3CCc4ccccc43)n2)CC1. The maximum Gasteiger partial charge on any atom is 0.227 e. The molecule has 3 heterocycles. The van der Waals surface area contributed by atoms with Crippen LogP contribution in [0.4, 0.5) is 17.5 Å². The van der Waals surface area contributed by atoms with Gasteiger partial charge in [-0.25, -0.2) is 4.98 Å². The minimum absolute atomic E-state index is 0.842. The molecule has 0 N–H and O–H groups in total. The topological polar surface area (TPSA) is 35.5 Å². The summed E-state index contributed by atoms with van der Waals surface area (Å²) in [6.45, 7) is 4.98. The lowest BCUT2D eigenvalue weighted by Crippen LogP contribution is -2.45. The van der Waals surface area contributed by atoms with Gasteiger partial charge in [-0.1, -0.05) is 48.5 Å². The molecule has 0 saturated carbocycles. The first kappa shape index (κ1) is 17.2. The number of piperazine rings is 1. The van der Waals surface area contributed by atoms with Crippen LogP contribution >= 0.6 is 0 Å². The summed E-state index contributed by atoms with van der Waals surface area (Å²) in [5.74, 6) is 1.83. The van der Waals surface area contributed by atoms with Crippen LogP contribution in [0.2, 0.25) is 0 Å². The highest BCUT2D eigenvalue weighted by Gasteiger charge is 2.24. The molecule has 2 aliphatic rings. The van der Waals surface area contributed by atoms with Gasteiger partial charge in [-0.05, 0) is 25.1 Å². The normalized spacial score (nSPS) is 17.0. The van der Waals surface area contributed by atoms with E-state index >= 15 is 0 Å². The highest BCUT2D eigenvalue weighted by Crippen LogP contribution is 2.35. The van der Waals surface area contributed by atoms with Crippen molar-refractivity contribution in [2.45, 2.75) is 6.42 Å². The van der Waals surface area contributed by atoms with E-state index in [1.807, 2.05) is 6.07 Å². The second kappa shape index (κ2) is 7.24. The van der Waals surface area contributed by atoms with Crippen LogP contribution < -0.4 is 9.80 Å². The minimum Gasteiger partial charge on any atom is -0.338 e. The second-order valence-electron chi connectivity index (χ2n) is 7.60. The van der Waals surface area contributed by atoms with E-state index < -0.39 is 0 Å². The molecule has 142 valence electrons. The molecule has 5 nitrogen and oxygen atoms in total. The second-order valence-corrected chi connectivity index (χ2v) is 7.60. The number of aromatic nitrogens is 2. The lowest BCUT2D eigenvalue weighted by Gasteiger charge is -2.33. The summed E-state index contributed by atoms with van der Waals surface area (Å²) in [7, 11) is 2.17. The van der Waals surface area contributed by atoms with E-state index in [2.05, 4.69) is 76.3 Å². The first-order valence-corrected chi connectivity index (χ1v) is 10.0. The van der Waals surface area contributed by atoms with E-state index in [1.165, 1.54) is 11.3 Å². The third-order valence-corrected chi connectivity index (χ3v) is 5.72. The molecule has 1 fully saturated rings.